The summed E-state index contributed by atoms with van der Waals surface area (Å²) in [5.74, 6) is 0. The van der Waals surface area contributed by atoms with Gasteiger partial charge in [0.2, 0.25) is 0 Å². The van der Waals surface area contributed by atoms with Crippen LogP contribution in [0.25, 0.3) is 0 Å². The zero-order valence-electron chi connectivity index (χ0n) is 11.2. The van der Waals surface area contributed by atoms with Crippen molar-refractivity contribution in [2.24, 2.45) is 0 Å². The highest BCUT2D eigenvalue weighted by Crippen LogP contribution is 2.26. The molecule has 0 aliphatic carbocycles. The predicted octanol–water partition coefficient (Wildman–Crippen LogP) is 3.52. The molecule has 0 radical (unpaired) electrons. The van der Waals surface area contributed by atoms with Crippen LogP contribution in [0.3, 0.4) is 0 Å². The molecule has 0 saturated carbocycles. The molecule has 1 aromatic heterocycles. The van der Waals surface area contributed by atoms with E-state index in [1.807, 2.05) is 35.7 Å². The molecule has 2 unspecified atom stereocenters. The molecule has 0 bridgehead atoms. The molecule has 3 nitrogen and oxygen atoms in total. The minimum atomic E-state index is -0.501. The van der Waals surface area contributed by atoms with Crippen LogP contribution in [-0.4, -0.2) is 17.2 Å². The summed E-state index contributed by atoms with van der Waals surface area (Å²) in [5, 5.41) is 13.2. The number of ether oxygens (including phenoxy) is 1. The van der Waals surface area contributed by atoms with E-state index in [0.29, 0.717) is 6.42 Å². The monoisotopic (exact) mass is 277 g/mol. The van der Waals surface area contributed by atoms with E-state index in [0.717, 1.165) is 22.7 Å². The van der Waals surface area contributed by atoms with Crippen molar-refractivity contribution >= 4 is 11.3 Å². The Balaban J connectivity index is 2.04. The van der Waals surface area contributed by atoms with Crippen LogP contribution in [0.4, 0.5) is 0 Å². The van der Waals surface area contributed by atoms with Crippen LogP contribution in [0.2, 0.25) is 0 Å². The van der Waals surface area contributed by atoms with Gasteiger partial charge in [-0.25, -0.2) is 4.98 Å². The zero-order chi connectivity index (χ0) is 13.7. The van der Waals surface area contributed by atoms with Crippen molar-refractivity contribution in [1.82, 2.24) is 4.98 Å². The molecule has 1 heterocycles. The van der Waals surface area contributed by atoms with Gasteiger partial charge in [-0.1, -0.05) is 37.3 Å². The van der Waals surface area contributed by atoms with Gasteiger partial charge in [-0.3, -0.25) is 0 Å². The smallest absolute Gasteiger partial charge is 0.122 e. The van der Waals surface area contributed by atoms with Crippen LogP contribution in [-0.2, 0) is 11.2 Å². The number of nitrogens with zero attached hydrogens (tertiary/aromatic N) is 1. The van der Waals surface area contributed by atoms with E-state index in [4.69, 9.17) is 4.74 Å². The largest absolute Gasteiger partial charge is 0.388 e. The maximum absolute atomic E-state index is 10.2. The number of benzene rings is 1. The van der Waals surface area contributed by atoms with E-state index in [2.05, 4.69) is 11.9 Å². The quantitative estimate of drug-likeness (QED) is 0.878. The fourth-order valence-corrected chi connectivity index (χ4v) is 2.99. The standard InChI is InChI=1S/C15H19NO2S/c1-3-14(18-2)15-16-12(10-19-15)9-13(17)11-7-5-4-6-8-11/h4-8,10,13-14,17H,3,9H2,1-2H3. The summed E-state index contributed by atoms with van der Waals surface area (Å²) >= 11 is 1.60. The lowest BCUT2D eigenvalue weighted by atomic mass is 10.1. The number of hydrogen-bond acceptors (Lipinski definition) is 4. The average Bonchev–Trinajstić information content (AvgIpc) is 2.89. The highest BCUT2D eigenvalue weighted by molar-refractivity contribution is 7.09. The fraction of sp³-hybridized carbons (Fsp3) is 0.400. The van der Waals surface area contributed by atoms with Gasteiger partial charge in [0.15, 0.2) is 0 Å². The van der Waals surface area contributed by atoms with Crippen LogP contribution in [0.15, 0.2) is 35.7 Å². The van der Waals surface area contributed by atoms with Crippen molar-refractivity contribution < 1.29 is 9.84 Å². The topological polar surface area (TPSA) is 42.4 Å². The summed E-state index contributed by atoms with van der Waals surface area (Å²) in [6, 6.07) is 9.68. The minimum absolute atomic E-state index is 0.0626. The SMILES string of the molecule is CCC(OC)c1nc(CC(O)c2ccccc2)cs1. The summed E-state index contributed by atoms with van der Waals surface area (Å²) in [4.78, 5) is 4.55. The molecule has 102 valence electrons. The van der Waals surface area contributed by atoms with E-state index in [1.54, 1.807) is 18.4 Å². The molecule has 1 N–H and O–H groups in total. The van der Waals surface area contributed by atoms with Crippen molar-refractivity contribution in [3.05, 3.63) is 52.0 Å². The number of aliphatic hydroxyl groups is 1. The zero-order valence-corrected chi connectivity index (χ0v) is 12.1. The molecule has 0 fully saturated rings. The van der Waals surface area contributed by atoms with Gasteiger partial charge in [-0.15, -0.1) is 11.3 Å². The Labute approximate surface area is 117 Å². The molecule has 0 spiro atoms. The predicted molar refractivity (Wildman–Crippen MR) is 77.3 cm³/mol. The Morgan fingerprint density at radius 3 is 2.68 bits per heavy atom. The fourth-order valence-electron chi connectivity index (χ4n) is 2.00. The van der Waals surface area contributed by atoms with Crippen molar-refractivity contribution in [2.45, 2.75) is 32.0 Å². The van der Waals surface area contributed by atoms with Gasteiger partial charge < -0.3 is 9.84 Å². The van der Waals surface area contributed by atoms with Crippen LogP contribution in [0, 0.1) is 0 Å². The summed E-state index contributed by atoms with van der Waals surface area (Å²) in [7, 11) is 1.70. The first-order valence-corrected chi connectivity index (χ1v) is 7.32. The number of aliphatic hydroxyl groups excluding tert-OH is 1. The molecule has 0 aliphatic rings. The van der Waals surface area contributed by atoms with Gasteiger partial charge in [0.25, 0.3) is 0 Å². The maximum atomic E-state index is 10.2. The summed E-state index contributed by atoms with van der Waals surface area (Å²) in [6.07, 6.45) is 1.01. The third-order valence-electron chi connectivity index (χ3n) is 3.09. The second-order valence-electron chi connectivity index (χ2n) is 4.44. The Kier molecular flexibility index (Phi) is 5.07. The number of rotatable bonds is 6. The number of methoxy groups -OCH3 is 1. The van der Waals surface area contributed by atoms with Crippen LogP contribution < -0.4 is 0 Å². The molecule has 0 amide bonds. The summed E-state index contributed by atoms with van der Waals surface area (Å²) in [6.45, 7) is 2.08. The van der Waals surface area contributed by atoms with Crippen molar-refractivity contribution in [2.75, 3.05) is 7.11 Å². The first-order chi connectivity index (χ1) is 9.24. The van der Waals surface area contributed by atoms with Crippen molar-refractivity contribution in [1.29, 1.82) is 0 Å². The molecule has 2 rings (SSSR count). The Morgan fingerprint density at radius 1 is 1.32 bits per heavy atom. The molecular weight excluding hydrogens is 258 g/mol. The molecule has 2 atom stereocenters. The van der Waals surface area contributed by atoms with Crippen LogP contribution >= 0.6 is 11.3 Å². The van der Waals surface area contributed by atoms with Crippen LogP contribution in [0.1, 0.15) is 41.8 Å². The van der Waals surface area contributed by atoms with E-state index >= 15 is 0 Å². The molecule has 1 aromatic carbocycles. The average molecular weight is 277 g/mol. The number of aromatic nitrogens is 1. The second-order valence-corrected chi connectivity index (χ2v) is 5.33. The van der Waals surface area contributed by atoms with E-state index in [9.17, 15) is 5.11 Å². The first kappa shape index (κ1) is 14.2. The lowest BCUT2D eigenvalue weighted by Crippen LogP contribution is -2.03. The van der Waals surface area contributed by atoms with Crippen LogP contribution in [0.5, 0.6) is 0 Å². The van der Waals surface area contributed by atoms with Gasteiger partial charge in [0.05, 0.1) is 11.8 Å². The molecule has 2 aromatic rings. The highest BCUT2D eigenvalue weighted by Gasteiger charge is 2.15. The Bertz CT molecular complexity index is 494. The molecule has 19 heavy (non-hydrogen) atoms. The van der Waals surface area contributed by atoms with E-state index in [1.165, 1.54) is 0 Å². The number of thiazole rings is 1. The normalized spacial score (nSPS) is 14.3. The van der Waals surface area contributed by atoms with E-state index < -0.39 is 6.10 Å². The van der Waals surface area contributed by atoms with E-state index in [-0.39, 0.29) is 6.10 Å². The van der Waals surface area contributed by atoms with Crippen molar-refractivity contribution in [3.8, 4) is 0 Å². The Hall–Kier alpha value is -1.23. The van der Waals surface area contributed by atoms with Crippen molar-refractivity contribution in [3.63, 3.8) is 0 Å². The maximum Gasteiger partial charge on any atom is 0.122 e. The molecule has 0 aliphatic heterocycles. The minimum Gasteiger partial charge on any atom is -0.388 e. The number of hydrogen-bond donors (Lipinski definition) is 1. The third kappa shape index (κ3) is 3.62. The molecular formula is C15H19NO2S. The first-order valence-electron chi connectivity index (χ1n) is 6.44. The van der Waals surface area contributed by atoms with Gasteiger partial charge >= 0.3 is 0 Å². The molecule has 4 heteroatoms. The van der Waals surface area contributed by atoms with Gasteiger partial charge in [0.1, 0.15) is 11.1 Å². The van der Waals surface area contributed by atoms with Gasteiger partial charge in [-0.05, 0) is 12.0 Å². The highest BCUT2D eigenvalue weighted by atomic mass is 32.1. The van der Waals surface area contributed by atoms with Gasteiger partial charge in [0, 0.05) is 18.9 Å². The lowest BCUT2D eigenvalue weighted by Gasteiger charge is -2.10. The summed E-state index contributed by atoms with van der Waals surface area (Å²) in [5.41, 5.74) is 1.85. The lowest BCUT2D eigenvalue weighted by molar-refractivity contribution is 0.0995. The second kappa shape index (κ2) is 6.80. The summed E-state index contributed by atoms with van der Waals surface area (Å²) < 4.78 is 5.37. The molecule has 0 saturated heterocycles. The third-order valence-corrected chi connectivity index (χ3v) is 4.07. The van der Waals surface area contributed by atoms with Gasteiger partial charge in [-0.2, -0.15) is 0 Å². The Morgan fingerprint density at radius 2 is 2.05 bits per heavy atom.